The van der Waals surface area contributed by atoms with Gasteiger partial charge >= 0.3 is 0 Å². The average Bonchev–Trinajstić information content (AvgIpc) is 2.43. The standard InChI is InChI=1S/C16H23NO4/c1-11(2)9-16(3,19)10-17-15(18)12-5-4-6-13-14(12)21-8-7-20-13/h4-6,11,19H,7-10H2,1-3H3,(H,17,18). The molecule has 0 aliphatic carbocycles. The van der Waals surface area contributed by atoms with Crippen LogP contribution < -0.4 is 14.8 Å². The number of carbonyl (C=O) groups excluding carboxylic acids is 1. The quantitative estimate of drug-likeness (QED) is 0.871. The van der Waals surface area contributed by atoms with E-state index in [9.17, 15) is 9.90 Å². The molecule has 5 heteroatoms. The normalized spacial score (nSPS) is 16.4. The van der Waals surface area contributed by atoms with Gasteiger partial charge in [0.2, 0.25) is 0 Å². The molecule has 0 radical (unpaired) electrons. The monoisotopic (exact) mass is 293 g/mol. The zero-order valence-electron chi connectivity index (χ0n) is 12.8. The first-order chi connectivity index (χ1) is 9.89. The van der Waals surface area contributed by atoms with E-state index in [0.717, 1.165) is 0 Å². The Morgan fingerprint density at radius 2 is 2.10 bits per heavy atom. The summed E-state index contributed by atoms with van der Waals surface area (Å²) in [4.78, 5) is 12.3. The van der Waals surface area contributed by atoms with Crippen LogP contribution >= 0.6 is 0 Å². The molecule has 1 aliphatic heterocycles. The van der Waals surface area contributed by atoms with Crippen molar-refractivity contribution in [3.05, 3.63) is 23.8 Å². The Labute approximate surface area is 125 Å². The van der Waals surface area contributed by atoms with Crippen molar-refractivity contribution in [1.82, 2.24) is 5.32 Å². The van der Waals surface area contributed by atoms with Crippen molar-refractivity contribution in [3.8, 4) is 11.5 Å². The second kappa shape index (κ2) is 6.35. The lowest BCUT2D eigenvalue weighted by Crippen LogP contribution is -2.41. The third-order valence-electron chi connectivity index (χ3n) is 3.29. The molecule has 116 valence electrons. The molecule has 1 aliphatic rings. The lowest BCUT2D eigenvalue weighted by atomic mass is 9.94. The molecule has 0 spiro atoms. The van der Waals surface area contributed by atoms with Crippen LogP contribution in [0.3, 0.4) is 0 Å². The minimum atomic E-state index is -0.921. The SMILES string of the molecule is CC(C)CC(C)(O)CNC(=O)c1cccc2c1OCCO2. The van der Waals surface area contributed by atoms with Gasteiger partial charge in [-0.2, -0.15) is 0 Å². The van der Waals surface area contributed by atoms with Crippen LogP contribution in [0.5, 0.6) is 11.5 Å². The van der Waals surface area contributed by atoms with Gasteiger partial charge in [0.25, 0.3) is 5.91 Å². The molecule has 0 saturated heterocycles. The molecular formula is C16H23NO4. The van der Waals surface area contributed by atoms with Crippen molar-refractivity contribution in [3.63, 3.8) is 0 Å². The summed E-state index contributed by atoms with van der Waals surface area (Å²) in [5, 5.41) is 13.0. The molecule has 2 N–H and O–H groups in total. The van der Waals surface area contributed by atoms with Crippen LogP contribution in [0.2, 0.25) is 0 Å². The van der Waals surface area contributed by atoms with Crippen molar-refractivity contribution in [1.29, 1.82) is 0 Å². The second-order valence-corrected chi connectivity index (χ2v) is 6.11. The Morgan fingerprint density at radius 3 is 2.81 bits per heavy atom. The van der Waals surface area contributed by atoms with E-state index in [0.29, 0.717) is 42.6 Å². The number of fused-ring (bicyclic) bond motifs is 1. The van der Waals surface area contributed by atoms with Gasteiger partial charge in [-0.15, -0.1) is 0 Å². The van der Waals surface area contributed by atoms with Crippen LogP contribution in [0.15, 0.2) is 18.2 Å². The summed E-state index contributed by atoms with van der Waals surface area (Å²) in [7, 11) is 0. The Bertz CT molecular complexity index is 511. The number of hydrogen-bond donors (Lipinski definition) is 2. The highest BCUT2D eigenvalue weighted by molar-refractivity contribution is 5.97. The van der Waals surface area contributed by atoms with Crippen LogP contribution in [0.4, 0.5) is 0 Å². The van der Waals surface area contributed by atoms with E-state index in [1.807, 2.05) is 13.8 Å². The van der Waals surface area contributed by atoms with E-state index in [1.165, 1.54) is 0 Å². The highest BCUT2D eigenvalue weighted by Crippen LogP contribution is 2.33. The number of carbonyl (C=O) groups is 1. The third kappa shape index (κ3) is 4.11. The molecule has 0 aromatic heterocycles. The van der Waals surface area contributed by atoms with Crippen LogP contribution in [0.1, 0.15) is 37.6 Å². The molecule has 2 rings (SSSR count). The fourth-order valence-corrected chi connectivity index (χ4v) is 2.57. The number of amides is 1. The van der Waals surface area contributed by atoms with E-state index >= 15 is 0 Å². The molecule has 1 unspecified atom stereocenters. The van der Waals surface area contributed by atoms with Crippen molar-refractivity contribution < 1.29 is 19.4 Å². The Morgan fingerprint density at radius 1 is 1.38 bits per heavy atom. The van der Waals surface area contributed by atoms with Gasteiger partial charge in [-0.1, -0.05) is 19.9 Å². The number of nitrogens with one attached hydrogen (secondary N) is 1. The summed E-state index contributed by atoms with van der Waals surface area (Å²) < 4.78 is 11.0. The zero-order valence-corrected chi connectivity index (χ0v) is 12.8. The van der Waals surface area contributed by atoms with Crippen LogP contribution in [-0.2, 0) is 0 Å². The molecule has 0 bridgehead atoms. The van der Waals surface area contributed by atoms with Crippen LogP contribution in [0, 0.1) is 5.92 Å². The van der Waals surface area contributed by atoms with Crippen molar-refractivity contribution >= 4 is 5.91 Å². The predicted octanol–water partition coefficient (Wildman–Crippen LogP) is 1.98. The first-order valence-corrected chi connectivity index (χ1v) is 7.28. The fourth-order valence-electron chi connectivity index (χ4n) is 2.57. The van der Waals surface area contributed by atoms with Crippen LogP contribution in [-0.4, -0.2) is 36.4 Å². The summed E-state index contributed by atoms with van der Waals surface area (Å²) in [6.45, 7) is 6.93. The minimum Gasteiger partial charge on any atom is -0.486 e. The summed E-state index contributed by atoms with van der Waals surface area (Å²) in [5.41, 5.74) is -0.483. The first kappa shape index (κ1) is 15.6. The number of ether oxygens (including phenoxy) is 2. The summed E-state index contributed by atoms with van der Waals surface area (Å²) in [5.74, 6) is 1.16. The fraction of sp³-hybridized carbons (Fsp3) is 0.562. The Kier molecular flexibility index (Phi) is 4.73. The summed E-state index contributed by atoms with van der Waals surface area (Å²) in [6.07, 6.45) is 0.625. The zero-order chi connectivity index (χ0) is 15.5. The first-order valence-electron chi connectivity index (χ1n) is 7.28. The lowest BCUT2D eigenvalue weighted by Gasteiger charge is -2.26. The van der Waals surface area contributed by atoms with Gasteiger partial charge in [-0.05, 0) is 31.4 Å². The Hall–Kier alpha value is -1.75. The van der Waals surface area contributed by atoms with Gasteiger partial charge in [0, 0.05) is 6.54 Å². The van der Waals surface area contributed by atoms with Gasteiger partial charge in [0.1, 0.15) is 13.2 Å². The molecule has 0 saturated carbocycles. The van der Waals surface area contributed by atoms with E-state index in [2.05, 4.69) is 5.32 Å². The minimum absolute atomic E-state index is 0.203. The topological polar surface area (TPSA) is 67.8 Å². The van der Waals surface area contributed by atoms with Gasteiger partial charge < -0.3 is 19.9 Å². The van der Waals surface area contributed by atoms with Gasteiger partial charge in [-0.25, -0.2) is 0 Å². The molecule has 5 nitrogen and oxygen atoms in total. The van der Waals surface area contributed by atoms with E-state index in [1.54, 1.807) is 25.1 Å². The molecule has 1 amide bonds. The largest absolute Gasteiger partial charge is 0.486 e. The number of hydrogen-bond acceptors (Lipinski definition) is 4. The Balaban J connectivity index is 2.04. The van der Waals surface area contributed by atoms with Crippen molar-refractivity contribution in [2.45, 2.75) is 32.8 Å². The molecule has 1 atom stereocenters. The maximum absolute atomic E-state index is 12.3. The molecule has 1 aromatic carbocycles. The summed E-state index contributed by atoms with van der Waals surface area (Å²) in [6, 6.07) is 5.23. The second-order valence-electron chi connectivity index (χ2n) is 6.11. The van der Waals surface area contributed by atoms with Gasteiger partial charge in [-0.3, -0.25) is 4.79 Å². The lowest BCUT2D eigenvalue weighted by molar-refractivity contribution is 0.0367. The predicted molar refractivity (Wildman–Crippen MR) is 79.8 cm³/mol. The highest BCUT2D eigenvalue weighted by atomic mass is 16.6. The van der Waals surface area contributed by atoms with Crippen LogP contribution in [0.25, 0.3) is 0 Å². The molecular weight excluding hydrogens is 270 g/mol. The number of para-hydroxylation sites is 1. The maximum Gasteiger partial charge on any atom is 0.255 e. The van der Waals surface area contributed by atoms with E-state index in [4.69, 9.17) is 9.47 Å². The van der Waals surface area contributed by atoms with E-state index < -0.39 is 5.60 Å². The maximum atomic E-state index is 12.3. The smallest absolute Gasteiger partial charge is 0.255 e. The molecule has 1 heterocycles. The molecule has 0 fully saturated rings. The molecule has 1 aromatic rings. The molecule has 21 heavy (non-hydrogen) atoms. The highest BCUT2D eigenvalue weighted by Gasteiger charge is 2.25. The van der Waals surface area contributed by atoms with Gasteiger partial charge in [0.05, 0.1) is 11.2 Å². The van der Waals surface area contributed by atoms with Gasteiger partial charge in [0.15, 0.2) is 11.5 Å². The third-order valence-corrected chi connectivity index (χ3v) is 3.29. The van der Waals surface area contributed by atoms with Crippen molar-refractivity contribution in [2.75, 3.05) is 19.8 Å². The average molecular weight is 293 g/mol. The van der Waals surface area contributed by atoms with E-state index in [-0.39, 0.29) is 12.5 Å². The summed E-state index contributed by atoms with van der Waals surface area (Å²) >= 11 is 0. The number of benzene rings is 1. The van der Waals surface area contributed by atoms with Crippen molar-refractivity contribution in [2.24, 2.45) is 5.92 Å². The number of rotatable bonds is 5. The number of aliphatic hydroxyl groups is 1.